The molecule has 7 heteroatoms. The Bertz CT molecular complexity index is 973. The summed E-state index contributed by atoms with van der Waals surface area (Å²) in [5.74, 6) is 0.747. The summed E-state index contributed by atoms with van der Waals surface area (Å²) in [5, 5.41) is 0.681. The van der Waals surface area contributed by atoms with Gasteiger partial charge in [0.15, 0.2) is 0 Å². The van der Waals surface area contributed by atoms with E-state index in [-0.39, 0.29) is 17.9 Å². The monoisotopic (exact) mass is 455 g/mol. The number of anilines is 1. The normalized spacial score (nSPS) is 19.1. The van der Waals surface area contributed by atoms with E-state index in [4.69, 9.17) is 16.3 Å². The Morgan fingerprint density at radius 1 is 0.969 bits per heavy atom. The lowest BCUT2D eigenvalue weighted by Gasteiger charge is -2.41. The van der Waals surface area contributed by atoms with Crippen LogP contribution in [0.3, 0.4) is 0 Å². The van der Waals surface area contributed by atoms with Crippen LogP contribution in [0, 0.1) is 0 Å². The average Bonchev–Trinajstić information content (AvgIpc) is 2.84. The highest BCUT2D eigenvalue weighted by atomic mass is 35.5. The number of piperidine rings is 1. The van der Waals surface area contributed by atoms with Gasteiger partial charge in [-0.2, -0.15) is 0 Å². The molecule has 0 aromatic heterocycles. The number of methoxy groups -OCH3 is 1. The van der Waals surface area contributed by atoms with Gasteiger partial charge in [-0.15, -0.1) is 0 Å². The summed E-state index contributed by atoms with van der Waals surface area (Å²) < 4.78 is 5.26. The summed E-state index contributed by atoms with van der Waals surface area (Å²) in [6.45, 7) is 4.98. The maximum absolute atomic E-state index is 13.4. The summed E-state index contributed by atoms with van der Waals surface area (Å²) in [5.41, 5.74) is 2.56. The average molecular weight is 456 g/mol. The van der Waals surface area contributed by atoms with Crippen molar-refractivity contribution in [3.63, 3.8) is 0 Å². The maximum Gasteiger partial charge on any atom is 0.254 e. The third-order valence-corrected chi connectivity index (χ3v) is 6.78. The summed E-state index contributed by atoms with van der Waals surface area (Å²) in [6.07, 6.45) is 3.52. The van der Waals surface area contributed by atoms with Gasteiger partial charge in [-0.3, -0.25) is 9.59 Å². The van der Waals surface area contributed by atoms with E-state index in [9.17, 15) is 9.59 Å². The second-order valence-corrected chi connectivity index (χ2v) is 8.87. The zero-order valence-corrected chi connectivity index (χ0v) is 19.5. The molecule has 2 aromatic carbocycles. The number of hydrogen-bond donors (Lipinski definition) is 0. The minimum absolute atomic E-state index is 0.0109. The SMILES string of the molecule is COc1ccc([C@H]2CN(C(=O)c3ccc(Cl)c(N4CCCCC4)c3)CCN2C(C)=O)cc1. The first-order valence-electron chi connectivity index (χ1n) is 11.2. The third kappa shape index (κ3) is 4.70. The molecule has 2 heterocycles. The molecule has 2 fully saturated rings. The van der Waals surface area contributed by atoms with Crippen molar-refractivity contribution < 1.29 is 14.3 Å². The predicted molar refractivity (Wildman–Crippen MR) is 127 cm³/mol. The van der Waals surface area contributed by atoms with Crippen molar-refractivity contribution in [1.29, 1.82) is 0 Å². The van der Waals surface area contributed by atoms with Gasteiger partial charge in [-0.1, -0.05) is 23.7 Å². The molecule has 0 radical (unpaired) electrons. The molecule has 2 aliphatic heterocycles. The standard InChI is InChI=1S/C25H30ClN3O3/c1-18(30)29-15-14-28(17-24(29)19-6-9-21(32-2)10-7-19)25(31)20-8-11-22(26)23(16-20)27-12-4-3-5-13-27/h6-11,16,24H,3-5,12-15,17H2,1-2H3/t24-/m1/s1. The van der Waals surface area contributed by atoms with E-state index in [1.54, 1.807) is 20.1 Å². The quantitative estimate of drug-likeness (QED) is 0.686. The van der Waals surface area contributed by atoms with E-state index in [1.807, 2.05) is 46.2 Å². The first-order chi connectivity index (χ1) is 15.5. The van der Waals surface area contributed by atoms with Gasteiger partial charge in [0.25, 0.3) is 5.91 Å². The lowest BCUT2D eigenvalue weighted by Crippen LogP contribution is -2.51. The Morgan fingerprint density at radius 3 is 2.34 bits per heavy atom. The topological polar surface area (TPSA) is 53.1 Å². The number of carbonyl (C=O) groups is 2. The van der Waals surface area contributed by atoms with Gasteiger partial charge in [-0.05, 0) is 55.2 Å². The van der Waals surface area contributed by atoms with E-state index in [2.05, 4.69) is 4.90 Å². The molecular weight excluding hydrogens is 426 g/mol. The number of piperazine rings is 1. The fraction of sp³-hybridized carbons (Fsp3) is 0.440. The molecule has 2 amide bonds. The fourth-order valence-electron chi connectivity index (χ4n) is 4.66. The van der Waals surface area contributed by atoms with Crippen LogP contribution in [0.5, 0.6) is 5.75 Å². The van der Waals surface area contributed by atoms with E-state index in [0.717, 1.165) is 42.9 Å². The smallest absolute Gasteiger partial charge is 0.254 e. The zero-order valence-electron chi connectivity index (χ0n) is 18.7. The van der Waals surface area contributed by atoms with Crippen LogP contribution in [0.1, 0.15) is 48.1 Å². The second kappa shape index (κ2) is 9.82. The third-order valence-electron chi connectivity index (χ3n) is 6.46. The number of ether oxygens (including phenoxy) is 1. The number of nitrogens with zero attached hydrogens (tertiary/aromatic N) is 3. The van der Waals surface area contributed by atoms with Crippen molar-refractivity contribution in [3.05, 3.63) is 58.6 Å². The molecule has 4 rings (SSSR count). The van der Waals surface area contributed by atoms with Gasteiger partial charge in [-0.25, -0.2) is 0 Å². The molecule has 0 bridgehead atoms. The van der Waals surface area contributed by atoms with Gasteiger partial charge < -0.3 is 19.4 Å². The van der Waals surface area contributed by atoms with Crippen LogP contribution in [0.15, 0.2) is 42.5 Å². The summed E-state index contributed by atoms with van der Waals surface area (Å²) in [6, 6.07) is 13.1. The number of amides is 2. The lowest BCUT2D eigenvalue weighted by atomic mass is 10.0. The number of halogens is 1. The molecule has 2 aromatic rings. The highest BCUT2D eigenvalue weighted by Crippen LogP contribution is 2.32. The van der Waals surface area contributed by atoms with Crippen LogP contribution >= 0.6 is 11.6 Å². The molecule has 2 saturated heterocycles. The summed E-state index contributed by atoms with van der Waals surface area (Å²) in [7, 11) is 1.63. The molecule has 6 nitrogen and oxygen atoms in total. The molecule has 0 N–H and O–H groups in total. The lowest BCUT2D eigenvalue weighted by molar-refractivity contribution is -0.133. The number of rotatable bonds is 4. The molecule has 1 atom stereocenters. The van der Waals surface area contributed by atoms with Crippen molar-refractivity contribution in [2.75, 3.05) is 44.7 Å². The van der Waals surface area contributed by atoms with Gasteiger partial charge >= 0.3 is 0 Å². The van der Waals surface area contributed by atoms with E-state index < -0.39 is 0 Å². The second-order valence-electron chi connectivity index (χ2n) is 8.47. The van der Waals surface area contributed by atoms with E-state index in [1.165, 1.54) is 6.42 Å². The van der Waals surface area contributed by atoms with Crippen LogP contribution in [-0.2, 0) is 4.79 Å². The molecule has 0 saturated carbocycles. The van der Waals surface area contributed by atoms with Crippen LogP contribution in [0.2, 0.25) is 5.02 Å². The molecule has 170 valence electrons. The summed E-state index contributed by atoms with van der Waals surface area (Å²) in [4.78, 5) is 31.7. The number of carbonyl (C=O) groups excluding carboxylic acids is 2. The van der Waals surface area contributed by atoms with Crippen molar-refractivity contribution in [2.24, 2.45) is 0 Å². The van der Waals surface area contributed by atoms with Gasteiger partial charge in [0, 0.05) is 45.2 Å². The van der Waals surface area contributed by atoms with Crippen LogP contribution in [-0.4, -0.2) is 61.4 Å². The van der Waals surface area contributed by atoms with E-state index in [0.29, 0.717) is 30.2 Å². The van der Waals surface area contributed by atoms with Crippen molar-refractivity contribution in [2.45, 2.75) is 32.2 Å². The van der Waals surface area contributed by atoms with Crippen molar-refractivity contribution >= 4 is 29.1 Å². The Balaban J connectivity index is 1.56. The molecular formula is C25H30ClN3O3. The highest BCUT2D eigenvalue weighted by Gasteiger charge is 2.32. The number of benzene rings is 2. The van der Waals surface area contributed by atoms with Crippen LogP contribution in [0.25, 0.3) is 0 Å². The minimum Gasteiger partial charge on any atom is -0.497 e. The first kappa shape index (κ1) is 22.5. The fourth-order valence-corrected chi connectivity index (χ4v) is 4.90. The van der Waals surface area contributed by atoms with Crippen molar-refractivity contribution in [3.8, 4) is 5.75 Å². The predicted octanol–water partition coefficient (Wildman–Crippen LogP) is 4.38. The molecule has 0 unspecified atom stereocenters. The largest absolute Gasteiger partial charge is 0.497 e. The maximum atomic E-state index is 13.4. The van der Waals surface area contributed by atoms with E-state index >= 15 is 0 Å². The van der Waals surface area contributed by atoms with Gasteiger partial charge in [0.05, 0.1) is 23.9 Å². The van der Waals surface area contributed by atoms with Crippen LogP contribution < -0.4 is 9.64 Å². The van der Waals surface area contributed by atoms with Gasteiger partial charge in [0.1, 0.15) is 5.75 Å². The molecule has 2 aliphatic rings. The zero-order chi connectivity index (χ0) is 22.7. The Kier molecular flexibility index (Phi) is 6.89. The number of hydrogen-bond acceptors (Lipinski definition) is 4. The first-order valence-corrected chi connectivity index (χ1v) is 11.6. The van der Waals surface area contributed by atoms with Crippen molar-refractivity contribution in [1.82, 2.24) is 9.80 Å². The highest BCUT2D eigenvalue weighted by molar-refractivity contribution is 6.33. The molecule has 0 aliphatic carbocycles. The Hall–Kier alpha value is -2.73. The molecule has 0 spiro atoms. The minimum atomic E-state index is -0.190. The Labute approximate surface area is 194 Å². The van der Waals surface area contributed by atoms with Gasteiger partial charge in [0.2, 0.25) is 5.91 Å². The van der Waals surface area contributed by atoms with Crippen LogP contribution in [0.4, 0.5) is 5.69 Å². The summed E-state index contributed by atoms with van der Waals surface area (Å²) >= 11 is 6.48. The molecule has 32 heavy (non-hydrogen) atoms. The Morgan fingerprint density at radius 2 is 1.69 bits per heavy atom.